The minimum absolute atomic E-state index is 0.210. The molecule has 0 saturated carbocycles. The first-order valence-corrected chi connectivity index (χ1v) is 5.34. The number of halogens is 2. The van der Waals surface area contributed by atoms with Gasteiger partial charge in [0.1, 0.15) is 17.4 Å². The Bertz CT molecular complexity index is 534. The fourth-order valence-electron chi connectivity index (χ4n) is 1.28. The molecule has 0 aliphatic heterocycles. The van der Waals surface area contributed by atoms with Gasteiger partial charge in [0.2, 0.25) is 5.88 Å². The van der Waals surface area contributed by atoms with Gasteiger partial charge in [0.15, 0.2) is 0 Å². The van der Waals surface area contributed by atoms with Crippen LogP contribution in [0.5, 0.6) is 11.6 Å². The van der Waals surface area contributed by atoms with Crippen molar-refractivity contribution < 1.29 is 9.13 Å². The maximum atomic E-state index is 12.8. The Hall–Kier alpha value is -1.81. The molecule has 0 amide bonds. The average Bonchev–Trinajstić information content (AvgIpc) is 2.33. The third-order valence-electron chi connectivity index (χ3n) is 2.09. The molecule has 0 aliphatic carbocycles. The fraction of sp³-hybridized carbons (Fsp3) is 0.0833. The van der Waals surface area contributed by atoms with Crippen molar-refractivity contribution in [1.29, 1.82) is 0 Å². The van der Waals surface area contributed by atoms with E-state index in [4.69, 9.17) is 16.3 Å². The Morgan fingerprint density at radius 2 is 2.12 bits per heavy atom. The second-order valence-electron chi connectivity index (χ2n) is 3.29. The molecule has 2 aromatic rings. The molecule has 1 heterocycles. The molecule has 0 bridgehead atoms. The lowest BCUT2D eigenvalue weighted by molar-refractivity contribution is 0.462. The van der Waals surface area contributed by atoms with E-state index in [-0.39, 0.29) is 5.02 Å². The van der Waals surface area contributed by atoms with Crippen molar-refractivity contribution >= 4 is 17.4 Å². The van der Waals surface area contributed by atoms with Gasteiger partial charge in [0.25, 0.3) is 0 Å². The first-order chi connectivity index (χ1) is 8.19. The maximum absolute atomic E-state index is 12.8. The summed E-state index contributed by atoms with van der Waals surface area (Å²) in [5.41, 5.74) is 0. The van der Waals surface area contributed by atoms with Crippen LogP contribution in [0.15, 0.2) is 36.4 Å². The van der Waals surface area contributed by atoms with E-state index < -0.39 is 5.82 Å². The highest BCUT2D eigenvalue weighted by atomic mass is 35.5. The van der Waals surface area contributed by atoms with Crippen molar-refractivity contribution in [2.24, 2.45) is 0 Å². The van der Waals surface area contributed by atoms with Crippen LogP contribution in [0.1, 0.15) is 0 Å². The fourth-order valence-corrected chi connectivity index (χ4v) is 1.49. The molecule has 88 valence electrons. The third-order valence-corrected chi connectivity index (χ3v) is 2.38. The Balaban J connectivity index is 2.25. The number of benzene rings is 1. The molecule has 0 fully saturated rings. The van der Waals surface area contributed by atoms with E-state index in [0.717, 1.165) is 0 Å². The number of hydrogen-bond donors (Lipinski definition) is 1. The summed E-state index contributed by atoms with van der Waals surface area (Å²) in [7, 11) is 1.76. The number of anilines is 1. The lowest BCUT2D eigenvalue weighted by Gasteiger charge is -2.07. The first kappa shape index (κ1) is 11.7. The number of pyridine rings is 1. The number of aromatic nitrogens is 1. The predicted octanol–water partition coefficient (Wildman–Crippen LogP) is 3.71. The molecule has 17 heavy (non-hydrogen) atoms. The van der Waals surface area contributed by atoms with Crippen molar-refractivity contribution in [3.8, 4) is 11.6 Å². The van der Waals surface area contributed by atoms with Gasteiger partial charge in [-0.2, -0.15) is 4.98 Å². The summed E-state index contributed by atoms with van der Waals surface area (Å²) in [6.45, 7) is 0. The topological polar surface area (TPSA) is 34.1 Å². The van der Waals surface area contributed by atoms with Crippen LogP contribution < -0.4 is 10.1 Å². The number of rotatable bonds is 3. The van der Waals surface area contributed by atoms with Gasteiger partial charge in [-0.3, -0.25) is 0 Å². The number of nitrogens with one attached hydrogen (secondary N) is 1. The monoisotopic (exact) mass is 252 g/mol. The summed E-state index contributed by atoms with van der Waals surface area (Å²) in [5.74, 6) is 1.04. The van der Waals surface area contributed by atoms with E-state index in [2.05, 4.69) is 10.3 Å². The van der Waals surface area contributed by atoms with E-state index >= 15 is 0 Å². The zero-order valence-corrected chi connectivity index (χ0v) is 9.83. The summed E-state index contributed by atoms with van der Waals surface area (Å²) in [5, 5.41) is 3.10. The normalized spacial score (nSPS) is 10.1. The summed E-state index contributed by atoms with van der Waals surface area (Å²) in [4.78, 5) is 4.16. The lowest BCUT2D eigenvalue weighted by Crippen LogP contribution is -1.94. The van der Waals surface area contributed by atoms with E-state index in [9.17, 15) is 4.39 Å². The minimum atomic E-state index is -0.403. The number of hydrogen-bond acceptors (Lipinski definition) is 3. The van der Waals surface area contributed by atoms with Crippen LogP contribution in [-0.2, 0) is 0 Å². The number of ether oxygens (including phenoxy) is 1. The predicted molar refractivity (Wildman–Crippen MR) is 65.3 cm³/mol. The third kappa shape index (κ3) is 2.85. The molecule has 0 atom stereocenters. The van der Waals surface area contributed by atoms with Crippen molar-refractivity contribution in [1.82, 2.24) is 4.98 Å². The van der Waals surface area contributed by atoms with Crippen LogP contribution in [0, 0.1) is 5.82 Å². The van der Waals surface area contributed by atoms with Crippen LogP contribution in [-0.4, -0.2) is 12.0 Å². The zero-order chi connectivity index (χ0) is 12.3. The summed E-state index contributed by atoms with van der Waals surface area (Å²) < 4.78 is 18.3. The van der Waals surface area contributed by atoms with Crippen LogP contribution >= 0.6 is 11.6 Å². The Labute approximate surface area is 103 Å². The van der Waals surface area contributed by atoms with Crippen molar-refractivity contribution in [2.75, 3.05) is 12.4 Å². The molecule has 0 radical (unpaired) electrons. The molecule has 0 saturated heterocycles. The Kier molecular flexibility index (Phi) is 3.44. The molecule has 0 unspecified atom stereocenters. The lowest BCUT2D eigenvalue weighted by atomic mass is 10.3. The molecule has 2 rings (SSSR count). The van der Waals surface area contributed by atoms with E-state index in [1.54, 1.807) is 25.2 Å². The molecular weight excluding hydrogens is 243 g/mol. The van der Waals surface area contributed by atoms with Crippen LogP contribution in [0.25, 0.3) is 0 Å². The molecular formula is C12H10ClFN2O. The Morgan fingerprint density at radius 3 is 2.82 bits per heavy atom. The van der Waals surface area contributed by atoms with Crippen molar-refractivity contribution in [3.05, 3.63) is 47.2 Å². The summed E-state index contributed by atoms with van der Waals surface area (Å²) in [6.07, 6.45) is 0. The van der Waals surface area contributed by atoms with Crippen molar-refractivity contribution in [3.63, 3.8) is 0 Å². The average molecular weight is 253 g/mol. The van der Waals surface area contributed by atoms with Gasteiger partial charge in [-0.05, 0) is 24.3 Å². The van der Waals surface area contributed by atoms with Gasteiger partial charge in [-0.15, -0.1) is 0 Å². The molecule has 0 spiro atoms. The van der Waals surface area contributed by atoms with Crippen molar-refractivity contribution in [2.45, 2.75) is 0 Å². The largest absolute Gasteiger partial charge is 0.437 e. The summed E-state index contributed by atoms with van der Waals surface area (Å²) >= 11 is 5.84. The molecule has 3 nitrogen and oxygen atoms in total. The number of nitrogens with zero attached hydrogens (tertiary/aromatic N) is 1. The SMILES string of the molecule is CNc1cccc(Oc2ccc(F)cc2Cl)n1. The second-order valence-corrected chi connectivity index (χ2v) is 3.70. The molecule has 5 heteroatoms. The maximum Gasteiger partial charge on any atom is 0.221 e. The van der Waals surface area contributed by atoms with Gasteiger partial charge in [-0.25, -0.2) is 4.39 Å². The second kappa shape index (κ2) is 5.01. The highest BCUT2D eigenvalue weighted by Crippen LogP contribution is 2.29. The highest BCUT2D eigenvalue weighted by molar-refractivity contribution is 6.32. The van der Waals surface area contributed by atoms with Gasteiger partial charge in [0.05, 0.1) is 5.02 Å². The molecule has 0 aliphatic rings. The molecule has 1 N–H and O–H groups in total. The minimum Gasteiger partial charge on any atom is -0.437 e. The zero-order valence-electron chi connectivity index (χ0n) is 9.08. The molecule has 1 aromatic carbocycles. The Morgan fingerprint density at radius 1 is 1.29 bits per heavy atom. The van der Waals surface area contributed by atoms with Gasteiger partial charge >= 0.3 is 0 Å². The van der Waals surface area contributed by atoms with E-state index in [1.807, 2.05) is 0 Å². The van der Waals surface area contributed by atoms with Crippen LogP contribution in [0.3, 0.4) is 0 Å². The standard InChI is InChI=1S/C12H10ClFN2O/c1-15-11-3-2-4-12(16-11)17-10-6-5-8(14)7-9(10)13/h2-7H,1H3,(H,15,16). The van der Waals surface area contributed by atoms with Gasteiger partial charge in [-0.1, -0.05) is 17.7 Å². The van der Waals surface area contributed by atoms with E-state index in [1.165, 1.54) is 18.2 Å². The van der Waals surface area contributed by atoms with Gasteiger partial charge in [0, 0.05) is 13.1 Å². The smallest absolute Gasteiger partial charge is 0.221 e. The highest BCUT2D eigenvalue weighted by Gasteiger charge is 2.05. The molecule has 1 aromatic heterocycles. The van der Waals surface area contributed by atoms with Crippen LogP contribution in [0.2, 0.25) is 5.02 Å². The summed E-state index contributed by atoms with van der Waals surface area (Å²) in [6, 6.07) is 9.23. The van der Waals surface area contributed by atoms with E-state index in [0.29, 0.717) is 17.4 Å². The first-order valence-electron chi connectivity index (χ1n) is 4.97. The van der Waals surface area contributed by atoms with Gasteiger partial charge < -0.3 is 10.1 Å². The van der Waals surface area contributed by atoms with Crippen LogP contribution in [0.4, 0.5) is 10.2 Å². The quantitative estimate of drug-likeness (QED) is 0.904.